The van der Waals surface area contributed by atoms with Crippen LogP contribution in [0.25, 0.3) is 10.8 Å². The number of piperidine rings is 1. The number of benzene rings is 3. The summed E-state index contributed by atoms with van der Waals surface area (Å²) in [5, 5.41) is 7.90. The molecule has 2 N–H and O–H groups in total. The normalized spacial score (nSPS) is 16.9. The van der Waals surface area contributed by atoms with E-state index in [0.717, 1.165) is 32.5 Å². The van der Waals surface area contributed by atoms with E-state index in [0.29, 0.717) is 5.56 Å². The number of hydrogen-bond donors (Lipinski definition) is 2. The van der Waals surface area contributed by atoms with Crippen LogP contribution in [0.4, 0.5) is 4.79 Å². The van der Waals surface area contributed by atoms with Gasteiger partial charge in [0.1, 0.15) is 0 Å². The fourth-order valence-electron chi connectivity index (χ4n) is 4.07. The van der Waals surface area contributed by atoms with E-state index in [-0.39, 0.29) is 11.9 Å². The fourth-order valence-corrected chi connectivity index (χ4v) is 4.07. The molecule has 1 heterocycles. The van der Waals surface area contributed by atoms with Crippen molar-refractivity contribution in [3.05, 3.63) is 83.4 Å². The molecule has 4 rings (SSSR count). The van der Waals surface area contributed by atoms with Crippen LogP contribution in [0.15, 0.2) is 66.7 Å². The topological polar surface area (TPSA) is 61.4 Å². The maximum atomic E-state index is 12.3. The van der Waals surface area contributed by atoms with Crippen LogP contribution in [-0.4, -0.2) is 36.0 Å². The number of nitrogens with one attached hydrogen (secondary N) is 2. The van der Waals surface area contributed by atoms with E-state index in [4.69, 9.17) is 0 Å². The minimum absolute atomic E-state index is 0.0328. The lowest BCUT2D eigenvalue weighted by atomic mass is 10.0. The highest BCUT2D eigenvalue weighted by Gasteiger charge is 2.22. The highest BCUT2D eigenvalue weighted by Crippen LogP contribution is 2.20. The van der Waals surface area contributed by atoms with Crippen LogP contribution >= 0.6 is 0 Å². The Labute approximate surface area is 177 Å². The Hall–Kier alpha value is -3.18. The van der Waals surface area contributed by atoms with Crippen LogP contribution in [0.5, 0.6) is 0 Å². The Morgan fingerprint density at radius 1 is 1.00 bits per heavy atom. The first kappa shape index (κ1) is 20.1. The van der Waals surface area contributed by atoms with Gasteiger partial charge in [-0.15, -0.1) is 0 Å². The second-order valence-electron chi connectivity index (χ2n) is 8.05. The summed E-state index contributed by atoms with van der Waals surface area (Å²) in [5.41, 5.74) is 3.02. The zero-order valence-corrected chi connectivity index (χ0v) is 17.2. The molecule has 3 amide bonds. The number of rotatable bonds is 4. The number of carbonyl (C=O) groups excluding carboxylic acids is 2. The van der Waals surface area contributed by atoms with Crippen molar-refractivity contribution in [1.82, 2.24) is 15.5 Å². The average Bonchev–Trinajstić information content (AvgIpc) is 2.74. The van der Waals surface area contributed by atoms with E-state index >= 15 is 0 Å². The van der Waals surface area contributed by atoms with Crippen molar-refractivity contribution in [1.29, 1.82) is 0 Å². The molecule has 0 spiro atoms. The third-order valence-corrected chi connectivity index (χ3v) is 5.57. The van der Waals surface area contributed by atoms with Crippen LogP contribution in [-0.2, 0) is 6.54 Å². The van der Waals surface area contributed by atoms with E-state index in [2.05, 4.69) is 58.9 Å². The summed E-state index contributed by atoms with van der Waals surface area (Å²) < 4.78 is 0. The predicted octanol–water partition coefficient (Wildman–Crippen LogP) is 4.25. The van der Waals surface area contributed by atoms with Crippen LogP contribution in [0, 0.1) is 6.92 Å². The second-order valence-corrected chi connectivity index (χ2v) is 8.05. The summed E-state index contributed by atoms with van der Waals surface area (Å²) in [4.78, 5) is 26.8. The van der Waals surface area contributed by atoms with Gasteiger partial charge in [-0.1, -0.05) is 54.1 Å². The molecule has 0 aromatic heterocycles. The van der Waals surface area contributed by atoms with E-state index < -0.39 is 6.03 Å². The summed E-state index contributed by atoms with van der Waals surface area (Å²) in [6.45, 7) is 4.75. The monoisotopic (exact) mass is 401 g/mol. The maximum Gasteiger partial charge on any atom is 0.321 e. The number of nitrogens with zero attached hydrogens (tertiary/aromatic N) is 1. The number of likely N-dealkylation sites (tertiary alicyclic amines) is 1. The van der Waals surface area contributed by atoms with Gasteiger partial charge in [-0.2, -0.15) is 0 Å². The van der Waals surface area contributed by atoms with Crippen molar-refractivity contribution < 1.29 is 9.59 Å². The van der Waals surface area contributed by atoms with Gasteiger partial charge in [0.15, 0.2) is 0 Å². The molecule has 3 aromatic carbocycles. The molecular formula is C25H27N3O2. The summed E-state index contributed by atoms with van der Waals surface area (Å²) in [7, 11) is 0. The zero-order valence-electron chi connectivity index (χ0n) is 17.2. The van der Waals surface area contributed by atoms with Crippen molar-refractivity contribution >= 4 is 22.7 Å². The average molecular weight is 402 g/mol. The molecule has 1 fully saturated rings. The molecule has 0 bridgehead atoms. The summed E-state index contributed by atoms with van der Waals surface area (Å²) in [6.07, 6.45) is 1.94. The molecule has 3 aromatic rings. The third kappa shape index (κ3) is 5.05. The highest BCUT2D eigenvalue weighted by molar-refractivity contribution is 6.04. The number of hydrogen-bond acceptors (Lipinski definition) is 3. The van der Waals surface area contributed by atoms with Crippen LogP contribution in [0.3, 0.4) is 0 Å². The molecule has 0 saturated carbocycles. The number of fused-ring (bicyclic) bond motifs is 1. The van der Waals surface area contributed by atoms with Crippen molar-refractivity contribution in [2.75, 3.05) is 13.1 Å². The van der Waals surface area contributed by atoms with Crippen molar-refractivity contribution in [2.24, 2.45) is 0 Å². The molecule has 1 aliphatic heterocycles. The largest absolute Gasteiger partial charge is 0.334 e. The van der Waals surface area contributed by atoms with Gasteiger partial charge >= 0.3 is 6.03 Å². The molecule has 1 atom stereocenters. The van der Waals surface area contributed by atoms with Gasteiger partial charge in [0.2, 0.25) is 0 Å². The fraction of sp³-hybridized carbons (Fsp3) is 0.280. The number of amides is 3. The molecule has 0 aliphatic carbocycles. The molecule has 1 aliphatic rings. The molecule has 5 heteroatoms. The minimum atomic E-state index is -0.434. The van der Waals surface area contributed by atoms with Crippen LogP contribution in [0.2, 0.25) is 0 Å². The molecule has 30 heavy (non-hydrogen) atoms. The minimum Gasteiger partial charge on any atom is -0.334 e. The Balaban J connectivity index is 1.32. The highest BCUT2D eigenvalue weighted by atomic mass is 16.2. The quantitative estimate of drug-likeness (QED) is 0.687. The maximum absolute atomic E-state index is 12.3. The summed E-state index contributed by atoms with van der Waals surface area (Å²) in [5.74, 6) is -0.382. The van der Waals surface area contributed by atoms with Gasteiger partial charge in [-0.3, -0.25) is 15.0 Å². The van der Waals surface area contributed by atoms with E-state index in [1.165, 1.54) is 21.9 Å². The Bertz CT molecular complexity index is 1050. The standard InChI is InChI=1S/C25H27N3O2/c1-18-9-11-22-15-19(10-12-21(22)14-18)16-28-13-5-8-23(17-28)26-25(30)27-24(29)20-6-3-2-4-7-20/h2-4,6-7,9-12,14-15,23H,5,8,13,16-17H2,1H3,(H2,26,27,29,30). The van der Waals surface area contributed by atoms with E-state index in [1.807, 2.05) is 6.07 Å². The van der Waals surface area contributed by atoms with Crippen molar-refractivity contribution in [2.45, 2.75) is 32.4 Å². The van der Waals surface area contributed by atoms with Gasteiger partial charge in [-0.05, 0) is 60.8 Å². The Morgan fingerprint density at radius 3 is 2.60 bits per heavy atom. The zero-order chi connectivity index (χ0) is 20.9. The second kappa shape index (κ2) is 9.09. The third-order valence-electron chi connectivity index (χ3n) is 5.57. The van der Waals surface area contributed by atoms with Crippen molar-refractivity contribution in [3.8, 4) is 0 Å². The first-order valence-corrected chi connectivity index (χ1v) is 10.5. The first-order valence-electron chi connectivity index (χ1n) is 10.5. The number of urea groups is 1. The van der Waals surface area contributed by atoms with Gasteiger partial charge in [0.25, 0.3) is 5.91 Å². The first-order chi connectivity index (χ1) is 14.6. The SMILES string of the molecule is Cc1ccc2cc(CN3CCCC(NC(=O)NC(=O)c4ccccc4)C3)ccc2c1. The lowest BCUT2D eigenvalue weighted by Gasteiger charge is -2.33. The van der Waals surface area contributed by atoms with E-state index in [9.17, 15) is 9.59 Å². The predicted molar refractivity (Wildman–Crippen MR) is 119 cm³/mol. The lowest BCUT2D eigenvalue weighted by molar-refractivity contribution is 0.0961. The van der Waals surface area contributed by atoms with Gasteiger partial charge in [0.05, 0.1) is 0 Å². The smallest absolute Gasteiger partial charge is 0.321 e. The molecule has 154 valence electrons. The van der Waals surface area contributed by atoms with Gasteiger partial charge < -0.3 is 5.32 Å². The Morgan fingerprint density at radius 2 is 1.77 bits per heavy atom. The van der Waals surface area contributed by atoms with Gasteiger partial charge in [-0.25, -0.2) is 4.79 Å². The Kier molecular flexibility index (Phi) is 6.10. The number of carbonyl (C=O) groups is 2. The molecule has 0 radical (unpaired) electrons. The number of aryl methyl sites for hydroxylation is 1. The van der Waals surface area contributed by atoms with Crippen LogP contribution in [0.1, 0.15) is 34.3 Å². The summed E-state index contributed by atoms with van der Waals surface area (Å²) >= 11 is 0. The number of imide groups is 1. The molecule has 5 nitrogen and oxygen atoms in total. The molecule has 1 saturated heterocycles. The molecular weight excluding hydrogens is 374 g/mol. The molecule has 1 unspecified atom stereocenters. The van der Waals surface area contributed by atoms with E-state index in [1.54, 1.807) is 24.3 Å². The van der Waals surface area contributed by atoms with Crippen LogP contribution < -0.4 is 10.6 Å². The van der Waals surface area contributed by atoms with Crippen molar-refractivity contribution in [3.63, 3.8) is 0 Å². The lowest BCUT2D eigenvalue weighted by Crippen LogP contribution is -2.51. The summed E-state index contributed by atoms with van der Waals surface area (Å²) in [6, 6.07) is 21.5. The van der Waals surface area contributed by atoms with Gasteiger partial charge in [0, 0.05) is 24.7 Å².